The monoisotopic (exact) mass is 380 g/mol. The van der Waals surface area contributed by atoms with Crippen molar-refractivity contribution in [3.8, 4) is 0 Å². The Morgan fingerprint density at radius 3 is 2.71 bits per heavy atom. The minimum absolute atomic E-state index is 0.120. The molecule has 4 rings (SSSR count). The minimum atomic E-state index is -0.120. The molecule has 28 heavy (non-hydrogen) atoms. The van der Waals surface area contributed by atoms with Gasteiger partial charge in [0.25, 0.3) is 0 Å². The van der Waals surface area contributed by atoms with Crippen molar-refractivity contribution in [3.05, 3.63) is 47.6 Å². The van der Waals surface area contributed by atoms with Gasteiger partial charge in [-0.3, -0.25) is 0 Å². The van der Waals surface area contributed by atoms with Crippen LogP contribution in [0.25, 0.3) is 0 Å². The van der Waals surface area contributed by atoms with Crippen molar-refractivity contribution in [1.82, 2.24) is 0 Å². The summed E-state index contributed by atoms with van der Waals surface area (Å²) in [5, 5.41) is 10.2. The first-order valence-corrected chi connectivity index (χ1v) is 11.7. The maximum absolute atomic E-state index is 10.2. The van der Waals surface area contributed by atoms with E-state index < -0.39 is 0 Å². The molecule has 3 fully saturated rings. The maximum Gasteiger partial charge on any atom is 0.0578 e. The van der Waals surface area contributed by atoms with E-state index in [1.807, 2.05) is 0 Å². The lowest BCUT2D eigenvalue weighted by atomic mass is 9.50. The number of aliphatic hydroxyl groups excluding tert-OH is 1. The molecule has 0 aliphatic heterocycles. The number of aliphatic hydroxyl groups is 1. The van der Waals surface area contributed by atoms with Crippen LogP contribution < -0.4 is 0 Å². The third-order valence-corrected chi connectivity index (χ3v) is 9.16. The molecule has 4 aliphatic carbocycles. The lowest BCUT2D eigenvalue weighted by Gasteiger charge is -2.55. The van der Waals surface area contributed by atoms with Crippen molar-refractivity contribution < 1.29 is 5.11 Å². The first kappa shape index (κ1) is 20.2. The van der Waals surface area contributed by atoms with Crippen LogP contribution in [0.5, 0.6) is 0 Å². The van der Waals surface area contributed by atoms with Crippen LogP contribution in [0.15, 0.2) is 47.6 Å². The van der Waals surface area contributed by atoms with Crippen molar-refractivity contribution in [1.29, 1.82) is 0 Å². The van der Waals surface area contributed by atoms with Gasteiger partial charge in [0, 0.05) is 0 Å². The van der Waals surface area contributed by atoms with Crippen LogP contribution in [0.2, 0.25) is 0 Å². The van der Waals surface area contributed by atoms with Crippen molar-refractivity contribution in [2.24, 2.45) is 34.5 Å². The van der Waals surface area contributed by atoms with E-state index in [1.165, 1.54) is 36.8 Å². The predicted molar refractivity (Wildman–Crippen MR) is 119 cm³/mol. The molecule has 1 N–H and O–H groups in total. The molecule has 0 radical (unpaired) electrons. The Bertz CT molecular complexity index is 725. The van der Waals surface area contributed by atoms with E-state index in [0.717, 1.165) is 37.5 Å². The molecule has 7 atom stereocenters. The highest BCUT2D eigenvalue weighted by atomic mass is 16.3. The second kappa shape index (κ2) is 7.31. The van der Waals surface area contributed by atoms with Crippen LogP contribution in [0, 0.1) is 34.5 Å². The zero-order valence-electron chi connectivity index (χ0n) is 18.5. The summed E-state index contributed by atoms with van der Waals surface area (Å²) in [6, 6.07) is 0. The van der Waals surface area contributed by atoms with Crippen molar-refractivity contribution in [3.63, 3.8) is 0 Å². The summed E-state index contributed by atoms with van der Waals surface area (Å²) < 4.78 is 0. The van der Waals surface area contributed by atoms with Crippen molar-refractivity contribution in [2.75, 3.05) is 0 Å². The van der Waals surface area contributed by atoms with Crippen LogP contribution in [0.1, 0.15) is 79.1 Å². The average Bonchev–Trinajstić information content (AvgIpc) is 2.99. The molecule has 1 heteroatoms. The van der Waals surface area contributed by atoms with E-state index in [-0.39, 0.29) is 6.10 Å². The smallest absolute Gasteiger partial charge is 0.0578 e. The molecule has 1 nitrogen and oxygen atoms in total. The molecule has 4 aliphatic rings. The summed E-state index contributed by atoms with van der Waals surface area (Å²) in [6.07, 6.45) is 19.1. The highest BCUT2D eigenvalue weighted by molar-refractivity contribution is 5.39. The second-order valence-corrected chi connectivity index (χ2v) is 11.0. The molecule has 154 valence electrons. The molecule has 0 aromatic rings. The molecule has 0 aromatic carbocycles. The Morgan fingerprint density at radius 1 is 1.18 bits per heavy atom. The summed E-state index contributed by atoms with van der Waals surface area (Å²) in [5.74, 6) is 2.93. The largest absolute Gasteiger partial charge is 0.393 e. The summed E-state index contributed by atoms with van der Waals surface area (Å²) in [5.41, 5.74) is 5.28. The predicted octanol–water partition coefficient (Wildman–Crippen LogP) is 7.00. The van der Waals surface area contributed by atoms with E-state index in [0.29, 0.717) is 22.7 Å². The van der Waals surface area contributed by atoms with Gasteiger partial charge in [-0.05, 0) is 92.8 Å². The maximum atomic E-state index is 10.2. The standard InChI is InChI=1S/C27H40O/c1-18(2)7-6-8-19(3)23-11-12-24-22-10-9-20-17-21(28)13-15-26(20,4)25(22)14-16-27(23,24)5/h6,8-10,19,21,23-25,28H,1,7,11-17H2,2-5H3/t19-,21+,23-,24+,25+,26+,27-/m1/s1. The minimum Gasteiger partial charge on any atom is -0.393 e. The van der Waals surface area contributed by atoms with Gasteiger partial charge in [-0.25, -0.2) is 0 Å². The highest BCUT2D eigenvalue weighted by Gasteiger charge is 2.56. The van der Waals surface area contributed by atoms with Gasteiger partial charge in [0.05, 0.1) is 6.10 Å². The molecule has 0 unspecified atom stereocenters. The lowest BCUT2D eigenvalue weighted by molar-refractivity contribution is 0.0383. The van der Waals surface area contributed by atoms with E-state index >= 15 is 0 Å². The Hall–Kier alpha value is -1.08. The van der Waals surface area contributed by atoms with Gasteiger partial charge in [-0.1, -0.05) is 68.4 Å². The SMILES string of the molecule is C=C(C)CC=C[C@@H](C)[C@H]1CC[C@H]2C3=CC=C4C[C@@H](O)CC[C@]4(C)[C@H]3CC[C@]12C. The Balaban J connectivity index is 1.58. The number of rotatable bonds is 4. The fourth-order valence-corrected chi connectivity index (χ4v) is 7.51. The summed E-state index contributed by atoms with van der Waals surface area (Å²) in [4.78, 5) is 0. The first-order valence-electron chi connectivity index (χ1n) is 11.7. The molecule has 0 aromatic heterocycles. The topological polar surface area (TPSA) is 20.2 Å². The Kier molecular flexibility index (Phi) is 5.28. The lowest BCUT2D eigenvalue weighted by Crippen LogP contribution is -2.46. The third-order valence-electron chi connectivity index (χ3n) is 9.16. The van der Waals surface area contributed by atoms with E-state index in [2.05, 4.69) is 58.6 Å². The van der Waals surface area contributed by atoms with Gasteiger partial charge in [-0.15, -0.1) is 0 Å². The van der Waals surface area contributed by atoms with Crippen LogP contribution >= 0.6 is 0 Å². The molecule has 0 bridgehead atoms. The van der Waals surface area contributed by atoms with Crippen molar-refractivity contribution >= 4 is 0 Å². The highest BCUT2D eigenvalue weighted by Crippen LogP contribution is 2.65. The van der Waals surface area contributed by atoms with Crippen molar-refractivity contribution in [2.45, 2.75) is 85.2 Å². The molecule has 0 spiro atoms. The molecule has 3 saturated carbocycles. The first-order chi connectivity index (χ1) is 13.3. The molecule has 0 heterocycles. The van der Waals surface area contributed by atoms with E-state index in [4.69, 9.17) is 0 Å². The van der Waals surface area contributed by atoms with Crippen LogP contribution in [0.4, 0.5) is 0 Å². The van der Waals surface area contributed by atoms with Gasteiger partial charge in [0.15, 0.2) is 0 Å². The quantitative estimate of drug-likeness (QED) is 0.520. The fourth-order valence-electron chi connectivity index (χ4n) is 7.51. The average molecular weight is 381 g/mol. The number of allylic oxidation sites excluding steroid dienone is 6. The summed E-state index contributed by atoms with van der Waals surface area (Å²) in [6.45, 7) is 13.7. The zero-order valence-corrected chi connectivity index (χ0v) is 18.5. The molecule has 0 amide bonds. The number of hydrogen-bond acceptors (Lipinski definition) is 1. The van der Waals surface area contributed by atoms with Gasteiger partial charge < -0.3 is 5.11 Å². The van der Waals surface area contributed by atoms with Gasteiger partial charge in [-0.2, -0.15) is 0 Å². The molecular weight excluding hydrogens is 340 g/mol. The Morgan fingerprint density at radius 2 is 1.96 bits per heavy atom. The summed E-state index contributed by atoms with van der Waals surface area (Å²) >= 11 is 0. The second-order valence-electron chi connectivity index (χ2n) is 11.0. The fraction of sp³-hybridized carbons (Fsp3) is 0.704. The number of fused-ring (bicyclic) bond motifs is 5. The van der Waals surface area contributed by atoms with Crippen LogP contribution in [-0.2, 0) is 0 Å². The number of hydrogen-bond donors (Lipinski definition) is 1. The summed E-state index contributed by atoms with van der Waals surface area (Å²) in [7, 11) is 0. The molecular formula is C27H40O. The Labute approximate surface area is 172 Å². The van der Waals surface area contributed by atoms with Gasteiger partial charge in [0.1, 0.15) is 0 Å². The van der Waals surface area contributed by atoms with Gasteiger partial charge >= 0.3 is 0 Å². The van der Waals surface area contributed by atoms with Crippen LogP contribution in [-0.4, -0.2) is 11.2 Å². The normalized spacial score (nSPS) is 43.6. The van der Waals surface area contributed by atoms with E-state index in [9.17, 15) is 5.11 Å². The van der Waals surface area contributed by atoms with Crippen LogP contribution in [0.3, 0.4) is 0 Å². The zero-order chi connectivity index (χ0) is 20.1. The third kappa shape index (κ3) is 3.18. The van der Waals surface area contributed by atoms with Gasteiger partial charge in [0.2, 0.25) is 0 Å². The van der Waals surface area contributed by atoms with E-state index in [1.54, 1.807) is 5.57 Å². The molecule has 0 saturated heterocycles.